The van der Waals surface area contributed by atoms with Crippen LogP contribution in [-0.4, -0.2) is 46.4 Å². The van der Waals surface area contributed by atoms with Gasteiger partial charge in [-0.05, 0) is 31.2 Å². The highest BCUT2D eigenvalue weighted by molar-refractivity contribution is 6.32. The monoisotopic (exact) mass is 577 g/mol. The summed E-state index contributed by atoms with van der Waals surface area (Å²) in [4.78, 5) is 17.4. The van der Waals surface area contributed by atoms with Gasteiger partial charge < -0.3 is 10.2 Å². The van der Waals surface area contributed by atoms with Crippen molar-refractivity contribution in [3.63, 3.8) is 0 Å². The standard InChI is InChI=1S/C23H18Cl2F5N5O3/c1-11(36)21-31-18(32-35(21)16-7-14(26)6-15(27)8-16)10-34-20(25)19(12-2-4-13(24)5-3-12)33(22(34)38)9-17(37)23(28,29)30/h2-8,11,17,36-37H,9-10H2,1H3/t11-,17?/m0/s1. The third kappa shape index (κ3) is 5.60. The highest BCUT2D eigenvalue weighted by Crippen LogP contribution is 2.31. The first-order valence-corrected chi connectivity index (χ1v) is 11.6. The van der Waals surface area contributed by atoms with Gasteiger partial charge in [-0.3, -0.25) is 9.13 Å². The molecule has 0 saturated carbocycles. The van der Waals surface area contributed by atoms with E-state index in [2.05, 4.69) is 10.1 Å². The lowest BCUT2D eigenvalue weighted by Gasteiger charge is -2.16. The molecule has 0 aliphatic carbocycles. The van der Waals surface area contributed by atoms with E-state index in [4.69, 9.17) is 23.2 Å². The summed E-state index contributed by atoms with van der Waals surface area (Å²) in [6, 6.07) is 8.27. The molecule has 8 nitrogen and oxygen atoms in total. The fourth-order valence-electron chi connectivity index (χ4n) is 3.73. The Kier molecular flexibility index (Phi) is 7.66. The van der Waals surface area contributed by atoms with Crippen LogP contribution in [0.15, 0.2) is 47.3 Å². The number of hydrogen-bond acceptors (Lipinski definition) is 5. The van der Waals surface area contributed by atoms with Crippen LogP contribution < -0.4 is 5.69 Å². The molecule has 2 aromatic heterocycles. The van der Waals surface area contributed by atoms with E-state index in [0.29, 0.717) is 15.7 Å². The molecule has 0 saturated heterocycles. The summed E-state index contributed by atoms with van der Waals surface area (Å²) in [6.45, 7) is -0.318. The molecule has 4 aromatic rings. The molecule has 2 aromatic carbocycles. The number of aliphatic hydroxyl groups is 2. The molecule has 4 rings (SSSR count). The number of rotatable bonds is 7. The van der Waals surface area contributed by atoms with Crippen molar-refractivity contribution in [3.8, 4) is 16.9 Å². The van der Waals surface area contributed by atoms with E-state index in [-0.39, 0.29) is 33.7 Å². The molecular formula is C23H18Cl2F5N5O3. The molecule has 15 heteroatoms. The zero-order valence-corrected chi connectivity index (χ0v) is 20.8. The van der Waals surface area contributed by atoms with E-state index in [0.717, 1.165) is 21.4 Å². The smallest absolute Gasteiger partial charge is 0.385 e. The van der Waals surface area contributed by atoms with Crippen molar-refractivity contribution in [1.29, 1.82) is 0 Å². The van der Waals surface area contributed by atoms with Crippen molar-refractivity contribution in [3.05, 3.63) is 86.4 Å². The third-order valence-corrected chi connectivity index (χ3v) is 6.09. The average Bonchev–Trinajstić information content (AvgIpc) is 3.34. The van der Waals surface area contributed by atoms with Gasteiger partial charge in [0.1, 0.15) is 22.9 Å². The Morgan fingerprint density at radius 3 is 2.16 bits per heavy atom. The highest BCUT2D eigenvalue weighted by atomic mass is 35.5. The topological polar surface area (TPSA) is 98.1 Å². The summed E-state index contributed by atoms with van der Waals surface area (Å²) in [5.74, 6) is -2.11. The second-order valence-corrected chi connectivity index (χ2v) is 9.08. The Morgan fingerprint density at radius 2 is 1.61 bits per heavy atom. The number of benzene rings is 2. The van der Waals surface area contributed by atoms with Gasteiger partial charge in [-0.1, -0.05) is 35.3 Å². The van der Waals surface area contributed by atoms with Crippen LogP contribution in [0, 0.1) is 11.6 Å². The Bertz CT molecular complexity index is 1510. The van der Waals surface area contributed by atoms with Crippen molar-refractivity contribution >= 4 is 23.2 Å². The first-order valence-electron chi connectivity index (χ1n) is 10.9. The first-order chi connectivity index (χ1) is 17.8. The molecule has 2 heterocycles. The third-order valence-electron chi connectivity index (χ3n) is 5.46. The molecule has 202 valence electrons. The second-order valence-electron chi connectivity index (χ2n) is 8.28. The van der Waals surface area contributed by atoms with E-state index in [1.54, 1.807) is 0 Å². The lowest BCUT2D eigenvalue weighted by molar-refractivity contribution is -0.207. The number of halogens is 7. The number of aliphatic hydroxyl groups excluding tert-OH is 2. The minimum Gasteiger partial charge on any atom is -0.385 e. The van der Waals surface area contributed by atoms with Crippen molar-refractivity contribution in [2.24, 2.45) is 0 Å². The Labute approximate surface area is 221 Å². The van der Waals surface area contributed by atoms with Gasteiger partial charge in [0.15, 0.2) is 17.8 Å². The largest absolute Gasteiger partial charge is 0.416 e. The van der Waals surface area contributed by atoms with Gasteiger partial charge in [0, 0.05) is 16.7 Å². The predicted molar refractivity (Wildman–Crippen MR) is 127 cm³/mol. The second kappa shape index (κ2) is 10.5. The quantitative estimate of drug-likeness (QED) is 0.315. The number of hydrogen-bond donors (Lipinski definition) is 2. The molecule has 0 spiro atoms. The van der Waals surface area contributed by atoms with E-state index in [1.807, 2.05) is 0 Å². The van der Waals surface area contributed by atoms with Crippen LogP contribution >= 0.6 is 23.2 Å². The predicted octanol–water partition coefficient (Wildman–Crippen LogP) is 4.51. The normalized spacial score (nSPS) is 13.6. The van der Waals surface area contributed by atoms with Gasteiger partial charge in [-0.15, -0.1) is 5.10 Å². The molecular weight excluding hydrogens is 560 g/mol. The SMILES string of the molecule is C[C@H](O)c1nc(Cn2c(Cl)c(-c3ccc(Cl)cc3)n(CC(O)C(F)(F)F)c2=O)nn1-c1cc(F)cc(F)c1. The van der Waals surface area contributed by atoms with Crippen LogP contribution in [0.3, 0.4) is 0 Å². The van der Waals surface area contributed by atoms with Crippen LogP contribution in [-0.2, 0) is 13.1 Å². The fraction of sp³-hybridized carbons (Fsp3) is 0.261. The van der Waals surface area contributed by atoms with Crippen molar-refractivity contribution in [2.75, 3.05) is 0 Å². The van der Waals surface area contributed by atoms with Gasteiger partial charge in [-0.2, -0.15) is 13.2 Å². The van der Waals surface area contributed by atoms with E-state index in [9.17, 15) is 37.0 Å². The molecule has 0 bridgehead atoms. The molecule has 0 aliphatic heterocycles. The molecule has 0 radical (unpaired) electrons. The summed E-state index contributed by atoms with van der Waals surface area (Å²) >= 11 is 12.4. The maximum Gasteiger partial charge on any atom is 0.416 e. The van der Waals surface area contributed by atoms with E-state index >= 15 is 0 Å². The van der Waals surface area contributed by atoms with Crippen molar-refractivity contribution < 1.29 is 32.2 Å². The number of nitrogens with zero attached hydrogens (tertiary/aromatic N) is 5. The van der Waals surface area contributed by atoms with E-state index < -0.39 is 48.8 Å². The van der Waals surface area contributed by atoms with Gasteiger partial charge in [-0.25, -0.2) is 23.2 Å². The summed E-state index contributed by atoms with van der Waals surface area (Å²) < 4.78 is 69.5. The lowest BCUT2D eigenvalue weighted by atomic mass is 10.1. The number of imidazole rings is 1. The van der Waals surface area contributed by atoms with Crippen LogP contribution in [0.4, 0.5) is 22.0 Å². The maximum absolute atomic E-state index is 13.8. The Balaban J connectivity index is 1.83. The van der Waals surface area contributed by atoms with Gasteiger partial charge in [0.05, 0.1) is 24.5 Å². The molecule has 1 unspecified atom stereocenters. The summed E-state index contributed by atoms with van der Waals surface area (Å²) in [5.41, 5.74) is -1.01. The van der Waals surface area contributed by atoms with Crippen molar-refractivity contribution in [2.45, 2.75) is 38.4 Å². The van der Waals surface area contributed by atoms with Crippen molar-refractivity contribution in [1.82, 2.24) is 23.9 Å². The molecule has 0 fully saturated rings. The zero-order valence-electron chi connectivity index (χ0n) is 19.3. The van der Waals surface area contributed by atoms with Gasteiger partial charge >= 0.3 is 11.9 Å². The summed E-state index contributed by atoms with van der Waals surface area (Å²) in [6.07, 6.45) is -9.15. The summed E-state index contributed by atoms with van der Waals surface area (Å²) in [5, 5.41) is 23.9. The van der Waals surface area contributed by atoms with Gasteiger partial charge in [0.25, 0.3) is 0 Å². The molecule has 2 atom stereocenters. The average molecular weight is 578 g/mol. The molecule has 38 heavy (non-hydrogen) atoms. The summed E-state index contributed by atoms with van der Waals surface area (Å²) in [7, 11) is 0. The molecule has 2 N–H and O–H groups in total. The Hall–Kier alpha value is -3.26. The van der Waals surface area contributed by atoms with Gasteiger partial charge in [0.2, 0.25) is 0 Å². The lowest BCUT2D eigenvalue weighted by Crippen LogP contribution is -2.37. The molecule has 0 amide bonds. The molecule has 0 aliphatic rings. The van der Waals surface area contributed by atoms with Crippen LogP contribution in [0.1, 0.15) is 24.7 Å². The fourth-order valence-corrected chi connectivity index (χ4v) is 4.20. The maximum atomic E-state index is 13.8. The highest BCUT2D eigenvalue weighted by Gasteiger charge is 2.39. The zero-order chi connectivity index (χ0) is 27.9. The Morgan fingerprint density at radius 1 is 1.00 bits per heavy atom. The number of alkyl halides is 3. The van der Waals surface area contributed by atoms with Crippen LogP contribution in [0.5, 0.6) is 0 Å². The number of aromatic nitrogens is 5. The minimum absolute atomic E-state index is 0.108. The van der Waals surface area contributed by atoms with E-state index in [1.165, 1.54) is 31.2 Å². The van der Waals surface area contributed by atoms with Crippen LogP contribution in [0.25, 0.3) is 16.9 Å². The first kappa shape index (κ1) is 27.8. The minimum atomic E-state index is -5.02. The van der Waals surface area contributed by atoms with Crippen LogP contribution in [0.2, 0.25) is 10.2 Å².